The lowest BCUT2D eigenvalue weighted by Crippen LogP contribution is -2.48. The van der Waals surface area contributed by atoms with Crippen LogP contribution in [0.1, 0.15) is 22.7 Å². The molecule has 0 saturated heterocycles. The molecule has 0 aliphatic carbocycles. The van der Waals surface area contributed by atoms with Crippen LogP contribution in [0, 0.1) is 0 Å². The molecule has 3 aromatic rings. The van der Waals surface area contributed by atoms with Crippen LogP contribution in [0.4, 0.5) is 4.79 Å². The quantitative estimate of drug-likeness (QED) is 0.421. The first-order valence-electron chi connectivity index (χ1n) is 10.6. The molecule has 3 rings (SSSR count). The number of aromatic hydroxyl groups is 1. The van der Waals surface area contributed by atoms with Crippen molar-refractivity contribution in [3.63, 3.8) is 0 Å². The third-order valence-corrected chi connectivity index (χ3v) is 5.05. The van der Waals surface area contributed by atoms with Gasteiger partial charge in [-0.25, -0.2) is 9.59 Å². The van der Waals surface area contributed by atoms with Gasteiger partial charge in [-0.3, -0.25) is 4.79 Å². The number of hydrogen-bond acceptors (Lipinski definition) is 6. The van der Waals surface area contributed by atoms with Gasteiger partial charge in [-0.1, -0.05) is 72.8 Å². The summed E-state index contributed by atoms with van der Waals surface area (Å²) in [5, 5.41) is 14.7. The number of nitrogens with one attached hydrogen (secondary N) is 2. The highest BCUT2D eigenvalue weighted by Gasteiger charge is 2.29. The van der Waals surface area contributed by atoms with Gasteiger partial charge in [0.1, 0.15) is 24.4 Å². The second-order valence-corrected chi connectivity index (χ2v) is 7.50. The van der Waals surface area contributed by atoms with Crippen molar-refractivity contribution in [1.82, 2.24) is 10.6 Å². The lowest BCUT2D eigenvalue weighted by atomic mass is 10.0. The number of esters is 1. The second-order valence-electron chi connectivity index (χ2n) is 7.50. The second kappa shape index (κ2) is 12.1. The van der Waals surface area contributed by atoms with Gasteiger partial charge >= 0.3 is 12.1 Å². The number of phenolic OH excluding ortho intramolecular Hbond substituents is 1. The maximum absolute atomic E-state index is 13.2. The largest absolute Gasteiger partial charge is 0.508 e. The Morgan fingerprint density at radius 2 is 1.44 bits per heavy atom. The van der Waals surface area contributed by atoms with E-state index in [0.29, 0.717) is 11.1 Å². The summed E-state index contributed by atoms with van der Waals surface area (Å²) in [5.41, 5.74) is 2.03. The zero-order chi connectivity index (χ0) is 24.3. The first-order chi connectivity index (χ1) is 16.5. The molecule has 0 aliphatic heterocycles. The summed E-state index contributed by atoms with van der Waals surface area (Å²) in [6, 6.07) is 22.0. The molecule has 34 heavy (non-hydrogen) atoms. The highest BCUT2D eigenvalue weighted by atomic mass is 16.5. The van der Waals surface area contributed by atoms with E-state index in [4.69, 9.17) is 9.47 Å². The topological polar surface area (TPSA) is 114 Å². The summed E-state index contributed by atoms with van der Waals surface area (Å²) in [7, 11) is 1.23. The molecule has 176 valence electrons. The summed E-state index contributed by atoms with van der Waals surface area (Å²) < 4.78 is 10.1. The predicted octanol–water partition coefficient (Wildman–Crippen LogP) is 3.26. The van der Waals surface area contributed by atoms with Crippen LogP contribution in [-0.2, 0) is 32.1 Å². The fourth-order valence-electron chi connectivity index (χ4n) is 3.29. The molecule has 0 saturated carbocycles. The highest BCUT2D eigenvalue weighted by molar-refractivity contribution is 5.90. The molecule has 0 aromatic heterocycles. The molecule has 3 aromatic carbocycles. The number of rotatable bonds is 9. The molecular weight excluding hydrogens is 436 g/mol. The molecule has 3 N–H and O–H groups in total. The molecule has 0 spiro atoms. The molecule has 0 radical (unpaired) electrons. The standard InChI is InChI=1S/C26H26N2O6/c1-33-25(31)22(16-18-12-14-21(29)15-13-18)27-24(30)23(20-10-6-3-7-11-20)28-26(32)34-17-19-8-4-2-5-9-19/h2-15,22-23,29H,16-17H2,1H3,(H,27,30)(H,28,32)/t22-,23+/m0/s1. The van der Waals surface area contributed by atoms with E-state index in [-0.39, 0.29) is 18.8 Å². The molecule has 2 amide bonds. The number of ether oxygens (including phenoxy) is 2. The van der Waals surface area contributed by atoms with Crippen LogP contribution in [0.5, 0.6) is 5.75 Å². The van der Waals surface area contributed by atoms with Crippen LogP contribution in [0.3, 0.4) is 0 Å². The minimum atomic E-state index is -1.10. The van der Waals surface area contributed by atoms with E-state index in [1.54, 1.807) is 42.5 Å². The number of carbonyl (C=O) groups is 3. The van der Waals surface area contributed by atoms with Gasteiger partial charge in [0, 0.05) is 6.42 Å². The minimum Gasteiger partial charge on any atom is -0.508 e. The summed E-state index contributed by atoms with van der Waals surface area (Å²) >= 11 is 0. The van der Waals surface area contributed by atoms with Crippen molar-refractivity contribution in [2.75, 3.05) is 7.11 Å². The van der Waals surface area contributed by atoms with E-state index in [1.807, 2.05) is 30.3 Å². The lowest BCUT2D eigenvalue weighted by molar-refractivity contribution is -0.145. The smallest absolute Gasteiger partial charge is 0.408 e. The van der Waals surface area contributed by atoms with Crippen molar-refractivity contribution in [3.8, 4) is 5.75 Å². The van der Waals surface area contributed by atoms with Crippen molar-refractivity contribution in [2.24, 2.45) is 0 Å². The molecule has 2 atom stereocenters. The van der Waals surface area contributed by atoms with Crippen molar-refractivity contribution in [3.05, 3.63) is 102 Å². The normalized spacial score (nSPS) is 12.1. The number of alkyl carbamates (subject to hydrolysis) is 1. The van der Waals surface area contributed by atoms with Crippen LogP contribution in [-0.4, -0.2) is 36.2 Å². The number of hydrogen-bond donors (Lipinski definition) is 3. The SMILES string of the molecule is COC(=O)[C@H](Cc1ccc(O)cc1)NC(=O)[C@H](NC(=O)OCc1ccccc1)c1ccccc1. The van der Waals surface area contributed by atoms with Gasteiger partial charge in [-0.2, -0.15) is 0 Å². The van der Waals surface area contributed by atoms with Crippen LogP contribution < -0.4 is 10.6 Å². The Kier molecular flexibility index (Phi) is 8.62. The van der Waals surface area contributed by atoms with Gasteiger partial charge in [0.05, 0.1) is 7.11 Å². The van der Waals surface area contributed by atoms with E-state index < -0.39 is 30.1 Å². The van der Waals surface area contributed by atoms with Crippen molar-refractivity contribution >= 4 is 18.0 Å². The summed E-state index contributed by atoms with van der Waals surface area (Å²) in [6.45, 7) is 0.0431. The number of benzene rings is 3. The Morgan fingerprint density at radius 1 is 0.824 bits per heavy atom. The van der Waals surface area contributed by atoms with Crippen LogP contribution in [0.2, 0.25) is 0 Å². The number of carbonyl (C=O) groups excluding carboxylic acids is 3. The number of phenols is 1. The maximum atomic E-state index is 13.2. The summed E-state index contributed by atoms with van der Waals surface area (Å²) in [5.74, 6) is -1.15. The molecule has 0 aliphatic rings. The van der Waals surface area contributed by atoms with Gasteiger partial charge in [-0.15, -0.1) is 0 Å². The van der Waals surface area contributed by atoms with E-state index in [0.717, 1.165) is 5.56 Å². The monoisotopic (exact) mass is 462 g/mol. The average molecular weight is 463 g/mol. The van der Waals surface area contributed by atoms with Gasteiger partial charge in [0.15, 0.2) is 0 Å². The molecule has 8 nitrogen and oxygen atoms in total. The van der Waals surface area contributed by atoms with Gasteiger partial charge < -0.3 is 25.2 Å². The van der Waals surface area contributed by atoms with Crippen molar-refractivity contribution in [1.29, 1.82) is 0 Å². The fraction of sp³-hybridized carbons (Fsp3) is 0.192. The average Bonchev–Trinajstić information content (AvgIpc) is 2.87. The van der Waals surface area contributed by atoms with Crippen LogP contribution in [0.25, 0.3) is 0 Å². The van der Waals surface area contributed by atoms with E-state index >= 15 is 0 Å². The summed E-state index contributed by atoms with van der Waals surface area (Å²) in [4.78, 5) is 38.0. The Morgan fingerprint density at radius 3 is 2.06 bits per heavy atom. The lowest BCUT2D eigenvalue weighted by Gasteiger charge is -2.22. The van der Waals surface area contributed by atoms with Gasteiger partial charge in [-0.05, 0) is 28.8 Å². The van der Waals surface area contributed by atoms with Crippen LogP contribution in [0.15, 0.2) is 84.9 Å². The molecular formula is C26H26N2O6. The van der Waals surface area contributed by atoms with Crippen molar-refractivity contribution < 1.29 is 29.0 Å². The van der Waals surface area contributed by atoms with E-state index in [1.165, 1.54) is 19.2 Å². The Hall–Kier alpha value is -4.33. The Bertz CT molecular complexity index is 1090. The Labute approximate surface area is 197 Å². The van der Waals surface area contributed by atoms with E-state index in [9.17, 15) is 19.5 Å². The maximum Gasteiger partial charge on any atom is 0.408 e. The Balaban J connectivity index is 1.73. The van der Waals surface area contributed by atoms with Gasteiger partial charge in [0.2, 0.25) is 5.91 Å². The molecule has 0 heterocycles. The van der Waals surface area contributed by atoms with Gasteiger partial charge in [0.25, 0.3) is 0 Å². The molecule has 0 fully saturated rings. The first kappa shape index (κ1) is 24.3. The number of methoxy groups -OCH3 is 1. The predicted molar refractivity (Wildman–Crippen MR) is 125 cm³/mol. The third kappa shape index (κ3) is 7.09. The zero-order valence-corrected chi connectivity index (χ0v) is 18.6. The molecule has 0 bridgehead atoms. The first-order valence-corrected chi connectivity index (χ1v) is 10.6. The molecule has 8 heteroatoms. The minimum absolute atomic E-state index is 0.0431. The van der Waals surface area contributed by atoms with Crippen molar-refractivity contribution in [2.45, 2.75) is 25.1 Å². The number of amides is 2. The van der Waals surface area contributed by atoms with Crippen LogP contribution >= 0.6 is 0 Å². The van der Waals surface area contributed by atoms with E-state index in [2.05, 4.69) is 10.6 Å². The zero-order valence-electron chi connectivity index (χ0n) is 18.6. The highest BCUT2D eigenvalue weighted by Crippen LogP contribution is 2.16. The fourth-order valence-corrected chi connectivity index (χ4v) is 3.29. The third-order valence-electron chi connectivity index (χ3n) is 5.05. The summed E-state index contributed by atoms with van der Waals surface area (Å²) in [6.07, 6.45) is -0.639. The molecule has 0 unspecified atom stereocenters.